The topological polar surface area (TPSA) is 56.5 Å². The van der Waals surface area contributed by atoms with E-state index in [9.17, 15) is 4.79 Å². The molecule has 0 amide bonds. The number of carbonyl (C=O) groups excluding carboxylic acids is 1. The second-order valence-electron chi connectivity index (χ2n) is 6.56. The van der Waals surface area contributed by atoms with E-state index in [2.05, 4.69) is 17.1 Å². The number of ketones is 1. The number of methoxy groups -OCH3 is 1. The first kappa shape index (κ1) is 13.7. The highest BCUT2D eigenvalue weighted by Gasteiger charge is 2.29. The monoisotopic (exact) mass is 319 g/mol. The molecule has 120 valence electrons. The molecule has 0 radical (unpaired) electrons. The molecule has 1 fully saturated rings. The molecule has 24 heavy (non-hydrogen) atoms. The van der Waals surface area contributed by atoms with Crippen molar-refractivity contribution < 1.29 is 9.53 Å². The number of fused-ring (bicyclic) bond motifs is 2. The smallest absolute Gasteiger partial charge is 0.198 e. The summed E-state index contributed by atoms with van der Waals surface area (Å²) < 4.78 is 7.30. The van der Waals surface area contributed by atoms with Crippen molar-refractivity contribution in [3.05, 3.63) is 47.3 Å². The molecule has 2 aliphatic carbocycles. The number of Topliss-reactive ketones (excluding diaryl/α,β-unsaturated/α-hetero) is 1. The summed E-state index contributed by atoms with van der Waals surface area (Å²) in [6.07, 6.45) is 3.78. The molecular formula is C19H17N3O2. The molecule has 0 saturated heterocycles. The summed E-state index contributed by atoms with van der Waals surface area (Å²) in [7, 11) is 1.65. The highest BCUT2D eigenvalue weighted by molar-refractivity contribution is 6.01. The first-order chi connectivity index (χ1) is 11.7. The molecule has 0 aliphatic heterocycles. The highest BCUT2D eigenvalue weighted by atomic mass is 16.5. The number of nitrogens with zero attached hydrogens (tertiary/aromatic N) is 3. The van der Waals surface area contributed by atoms with Crippen LogP contribution in [0.3, 0.4) is 0 Å². The maximum absolute atomic E-state index is 12.1. The summed E-state index contributed by atoms with van der Waals surface area (Å²) in [6.45, 7) is 0. The second-order valence-corrected chi connectivity index (χ2v) is 6.56. The molecule has 2 aliphatic rings. The molecule has 5 heteroatoms. The van der Waals surface area contributed by atoms with Crippen molar-refractivity contribution in [2.75, 3.05) is 7.11 Å². The van der Waals surface area contributed by atoms with Crippen molar-refractivity contribution in [1.29, 1.82) is 0 Å². The number of rotatable bonds is 3. The first-order valence-electron chi connectivity index (χ1n) is 8.35. The Bertz CT molecular complexity index is 986. The molecule has 0 spiro atoms. The third-order valence-corrected chi connectivity index (χ3v) is 4.95. The molecule has 0 bridgehead atoms. The van der Waals surface area contributed by atoms with Crippen LogP contribution in [0.5, 0.6) is 5.75 Å². The van der Waals surface area contributed by atoms with Gasteiger partial charge in [0.15, 0.2) is 23.0 Å². The summed E-state index contributed by atoms with van der Waals surface area (Å²) in [5.74, 6) is 2.31. The molecule has 2 heterocycles. The van der Waals surface area contributed by atoms with Crippen LogP contribution in [-0.2, 0) is 6.42 Å². The summed E-state index contributed by atoms with van der Waals surface area (Å²) >= 11 is 0. The van der Waals surface area contributed by atoms with E-state index in [0.29, 0.717) is 12.3 Å². The zero-order chi connectivity index (χ0) is 16.3. The van der Waals surface area contributed by atoms with Crippen LogP contribution in [0.2, 0.25) is 0 Å². The van der Waals surface area contributed by atoms with Crippen LogP contribution in [0.25, 0.3) is 16.9 Å². The lowest BCUT2D eigenvalue weighted by Crippen LogP contribution is -1.99. The van der Waals surface area contributed by atoms with Gasteiger partial charge in [-0.25, -0.2) is 9.50 Å². The van der Waals surface area contributed by atoms with Gasteiger partial charge in [0.1, 0.15) is 0 Å². The van der Waals surface area contributed by atoms with E-state index >= 15 is 0 Å². The fourth-order valence-electron chi connectivity index (χ4n) is 3.44. The Morgan fingerprint density at radius 2 is 2.04 bits per heavy atom. The van der Waals surface area contributed by atoms with Crippen LogP contribution in [0.4, 0.5) is 0 Å². The molecule has 0 atom stereocenters. The van der Waals surface area contributed by atoms with Crippen LogP contribution in [0.15, 0.2) is 30.3 Å². The molecule has 5 rings (SSSR count). The zero-order valence-corrected chi connectivity index (χ0v) is 13.5. The van der Waals surface area contributed by atoms with E-state index in [4.69, 9.17) is 9.84 Å². The molecule has 0 unspecified atom stereocenters. The zero-order valence-electron chi connectivity index (χ0n) is 13.5. The van der Waals surface area contributed by atoms with Crippen molar-refractivity contribution in [3.63, 3.8) is 0 Å². The predicted molar refractivity (Wildman–Crippen MR) is 89.6 cm³/mol. The molecule has 0 N–H and O–H groups in total. The van der Waals surface area contributed by atoms with Gasteiger partial charge in [-0.05, 0) is 43.0 Å². The summed E-state index contributed by atoms with van der Waals surface area (Å²) in [6, 6.07) is 10.0. The van der Waals surface area contributed by atoms with E-state index < -0.39 is 0 Å². The van der Waals surface area contributed by atoms with Crippen molar-refractivity contribution in [1.82, 2.24) is 14.6 Å². The Morgan fingerprint density at radius 3 is 2.83 bits per heavy atom. The van der Waals surface area contributed by atoms with Crippen molar-refractivity contribution in [2.45, 2.75) is 31.6 Å². The van der Waals surface area contributed by atoms with Crippen LogP contribution >= 0.6 is 0 Å². The average Bonchev–Trinajstić information content (AvgIpc) is 3.26. The first-order valence-corrected chi connectivity index (χ1v) is 8.35. The van der Waals surface area contributed by atoms with Gasteiger partial charge in [0.2, 0.25) is 0 Å². The number of pyridine rings is 1. The Hall–Kier alpha value is -2.69. The minimum atomic E-state index is 0.230. The molecular weight excluding hydrogens is 302 g/mol. The molecule has 1 aromatic carbocycles. The van der Waals surface area contributed by atoms with Crippen LogP contribution < -0.4 is 4.74 Å². The SMILES string of the molecule is COc1ccc(-c2ccc3c(c2)C(=O)CC3)n2nc(C3CC3)nc12. The van der Waals surface area contributed by atoms with Crippen molar-refractivity contribution in [3.8, 4) is 17.0 Å². The number of ether oxygens (including phenoxy) is 1. The van der Waals surface area contributed by atoms with Gasteiger partial charge in [-0.3, -0.25) is 4.79 Å². The van der Waals surface area contributed by atoms with Gasteiger partial charge in [-0.2, -0.15) is 5.10 Å². The lowest BCUT2D eigenvalue weighted by atomic mass is 10.0. The number of aryl methyl sites for hydroxylation is 1. The Labute approximate surface area is 139 Å². The van der Waals surface area contributed by atoms with Gasteiger partial charge in [0.05, 0.1) is 12.8 Å². The molecule has 3 aromatic rings. The third kappa shape index (κ3) is 1.97. The molecule has 5 nitrogen and oxygen atoms in total. The van der Waals surface area contributed by atoms with E-state index in [1.165, 1.54) is 0 Å². The number of aromatic nitrogens is 3. The third-order valence-electron chi connectivity index (χ3n) is 4.95. The van der Waals surface area contributed by atoms with Gasteiger partial charge >= 0.3 is 0 Å². The Kier molecular flexibility index (Phi) is 2.80. The quantitative estimate of drug-likeness (QED) is 0.742. The largest absolute Gasteiger partial charge is 0.493 e. The number of hydrogen-bond acceptors (Lipinski definition) is 4. The van der Waals surface area contributed by atoms with E-state index in [-0.39, 0.29) is 5.78 Å². The Balaban J connectivity index is 1.72. The minimum absolute atomic E-state index is 0.230. The number of carbonyl (C=O) groups is 1. The number of benzene rings is 1. The fourth-order valence-corrected chi connectivity index (χ4v) is 3.44. The predicted octanol–water partition coefficient (Wildman–Crippen LogP) is 3.41. The molecule has 1 saturated carbocycles. The molecule has 2 aromatic heterocycles. The van der Waals surface area contributed by atoms with Crippen LogP contribution in [0, 0.1) is 0 Å². The summed E-state index contributed by atoms with van der Waals surface area (Å²) in [5, 5.41) is 4.71. The second kappa shape index (κ2) is 4.90. The van der Waals surface area contributed by atoms with Crippen molar-refractivity contribution in [2.24, 2.45) is 0 Å². The standard InChI is InChI=1S/C19H17N3O2/c1-24-17-9-7-15(22-19(17)20-18(21-22)12-3-4-12)13-5-2-11-6-8-16(23)14(11)10-13/h2,5,7,9-10,12H,3-4,6,8H2,1H3. The normalized spacial score (nSPS) is 16.6. The fraction of sp³-hybridized carbons (Fsp3) is 0.316. The lowest BCUT2D eigenvalue weighted by molar-refractivity contribution is 0.0994. The summed E-state index contributed by atoms with van der Waals surface area (Å²) in [5.41, 5.74) is 4.66. The Morgan fingerprint density at radius 1 is 1.17 bits per heavy atom. The maximum atomic E-state index is 12.1. The summed E-state index contributed by atoms with van der Waals surface area (Å²) in [4.78, 5) is 16.7. The van der Waals surface area contributed by atoms with E-state index in [1.807, 2.05) is 22.7 Å². The van der Waals surface area contributed by atoms with Gasteiger partial charge in [0, 0.05) is 23.5 Å². The van der Waals surface area contributed by atoms with Gasteiger partial charge in [-0.1, -0.05) is 12.1 Å². The minimum Gasteiger partial charge on any atom is -0.493 e. The van der Waals surface area contributed by atoms with Gasteiger partial charge in [-0.15, -0.1) is 0 Å². The maximum Gasteiger partial charge on any atom is 0.198 e. The average molecular weight is 319 g/mol. The lowest BCUT2D eigenvalue weighted by Gasteiger charge is -2.08. The van der Waals surface area contributed by atoms with Gasteiger partial charge < -0.3 is 4.74 Å². The van der Waals surface area contributed by atoms with Crippen LogP contribution in [-0.4, -0.2) is 27.5 Å². The van der Waals surface area contributed by atoms with E-state index in [0.717, 1.165) is 58.9 Å². The highest BCUT2D eigenvalue weighted by Crippen LogP contribution is 2.39. The van der Waals surface area contributed by atoms with Crippen LogP contribution in [0.1, 0.15) is 46.9 Å². The number of hydrogen-bond donors (Lipinski definition) is 0. The van der Waals surface area contributed by atoms with Crippen molar-refractivity contribution >= 4 is 11.4 Å². The van der Waals surface area contributed by atoms with E-state index in [1.54, 1.807) is 7.11 Å². The van der Waals surface area contributed by atoms with Gasteiger partial charge in [0.25, 0.3) is 0 Å².